The van der Waals surface area contributed by atoms with Gasteiger partial charge < -0.3 is 91.2 Å². The molecule has 41 heteroatoms. The first-order valence-corrected chi connectivity index (χ1v) is 37.6. The zero-order valence-electron chi connectivity index (χ0n) is 70.1. The summed E-state index contributed by atoms with van der Waals surface area (Å²) >= 11 is 0. The first kappa shape index (κ1) is 96.5. The molecular weight excluding hydrogens is 1920 g/mol. The second-order valence-electron chi connectivity index (χ2n) is 30.4. The monoisotopic (exact) mass is 2000 g/mol. The minimum atomic E-state index is -1.75. The van der Waals surface area contributed by atoms with E-state index in [2.05, 4.69) is 153 Å². The van der Waals surface area contributed by atoms with Crippen molar-refractivity contribution in [3.05, 3.63) is 278 Å². The number of benzene rings is 9. The number of para-hydroxylation sites is 12. The number of fused-ring (bicyclic) bond motifs is 6. The van der Waals surface area contributed by atoms with Crippen molar-refractivity contribution in [2.75, 3.05) is 72.3 Å². The van der Waals surface area contributed by atoms with E-state index in [1.54, 1.807) is 110 Å². The maximum absolute atomic E-state index is 13.4. The third-order valence-electron chi connectivity index (χ3n) is 18.4. The molecule has 9 aromatic carbocycles. The third kappa shape index (κ3) is 26.6. The normalized spacial score (nSPS) is 11.5. The molecule has 39 nitrogen and oxygen atoms in total. The molecule has 0 atom stereocenters. The number of aromatic nitrogens is 12. The SMILES string of the molecule is CN(/N=C/c1cc(C(C)(C)C)cc(/C=N/N(C)c2nc3ccccc3[nH]2)c1[O-])c1nc2ccccc2[nH]1.CN(/N=C/c1cc(C(C)(C)C)cc(/C=N/N(C)c2nc3ccccc3[nH]2)c1[O-])c1nc2ccccc2[nH]1.CN(/N=C/c1cc(C(C)(C)C)cc(/C=N/N(C)c2nc3ccccc3[nH]2)c1[O-])c1nc2ccccc2[nH]1.O=[N+]([O-])[O-].O=[N+]([O-])[O-].O=[N+]([O-])[O-].[Tm+3].[Tm+3]. The molecule has 0 aliphatic carbocycles. The Hall–Kier alpha value is -13.9. The van der Waals surface area contributed by atoms with Gasteiger partial charge in [0.2, 0.25) is 35.7 Å². The van der Waals surface area contributed by atoms with E-state index in [0.29, 0.717) is 69.1 Å². The summed E-state index contributed by atoms with van der Waals surface area (Å²) in [4.78, 5) is 71.5. The van der Waals surface area contributed by atoms with E-state index in [1.165, 1.54) is 0 Å². The number of aromatic amines is 6. The second-order valence-corrected chi connectivity index (χ2v) is 30.4. The fourth-order valence-electron chi connectivity index (χ4n) is 11.7. The summed E-state index contributed by atoms with van der Waals surface area (Å²) in [5, 5.41) is 121. The molecule has 15 aromatic rings. The number of hydrogen-bond donors (Lipinski definition) is 6. The zero-order chi connectivity index (χ0) is 89.2. The van der Waals surface area contributed by atoms with Crippen LogP contribution in [0.3, 0.4) is 0 Å². The fourth-order valence-corrected chi connectivity index (χ4v) is 11.7. The van der Waals surface area contributed by atoms with Crippen LogP contribution in [0.25, 0.3) is 66.2 Å². The van der Waals surface area contributed by atoms with E-state index in [0.717, 1.165) is 82.9 Å². The summed E-state index contributed by atoms with van der Waals surface area (Å²) in [5.74, 6) is 3.07. The molecule has 0 aliphatic rings. The number of H-pyrrole nitrogens is 6. The predicted octanol–water partition coefficient (Wildman–Crippen LogP) is 13.5. The largest absolute Gasteiger partial charge is 3.00 e. The van der Waals surface area contributed by atoms with Gasteiger partial charge in [0.1, 0.15) is 0 Å². The van der Waals surface area contributed by atoms with Gasteiger partial charge in [-0.05, 0) is 139 Å². The Morgan fingerprint density at radius 1 is 0.272 bits per heavy atom. The van der Waals surface area contributed by atoms with Crippen molar-refractivity contribution < 1.29 is 104 Å². The first-order valence-electron chi connectivity index (χ1n) is 37.6. The van der Waals surface area contributed by atoms with E-state index in [1.807, 2.05) is 182 Å². The number of nitrogens with zero attached hydrogens (tertiary/aromatic N) is 21. The molecule has 0 amide bonds. The van der Waals surface area contributed by atoms with Crippen LogP contribution in [0.5, 0.6) is 17.2 Å². The van der Waals surface area contributed by atoms with Crippen molar-refractivity contribution in [2.24, 2.45) is 30.6 Å². The summed E-state index contributed by atoms with van der Waals surface area (Å²) in [6, 6.07) is 58.0. The van der Waals surface area contributed by atoms with E-state index in [9.17, 15) is 15.3 Å². The topological polar surface area (TPSA) is 533 Å². The quantitative estimate of drug-likeness (QED) is 0.0264. The average molecular weight is 2000 g/mol. The molecule has 125 heavy (non-hydrogen) atoms. The number of rotatable bonds is 18. The fraction of sp³-hybridized carbons (Fsp3) is 0.214. The Morgan fingerprint density at radius 2 is 0.400 bits per heavy atom. The third-order valence-corrected chi connectivity index (χ3v) is 18.4. The molecule has 0 aliphatic heterocycles. The van der Waals surface area contributed by atoms with E-state index >= 15 is 0 Å². The van der Waals surface area contributed by atoms with Crippen LogP contribution in [0.2, 0.25) is 0 Å². The second kappa shape index (κ2) is 42.7. The molecule has 6 aromatic heterocycles. The molecule has 6 heterocycles. The maximum Gasteiger partial charge on any atom is 3.00 e. The Kier molecular flexibility index (Phi) is 33.0. The standard InChI is InChI=1S/3C28H30N8O.3NO3.2Tm/c3*1-28(2,3)20-14-18(16-29-35(4)26-31-21-10-6-7-11-22(21)32-26)25(37)19(15-20)17-30-36(5)27-33-23-12-8-9-13-24(23)34-27;3*2-1(3)4;;/h3*6-17,37H,1-5H3,(H,31,32)(H,33,34);;;;;/q;;;3*-1;2*+3/p-3/b3*29-16+,30-17+;;;;;. The van der Waals surface area contributed by atoms with Gasteiger partial charge in [0.05, 0.1) is 119 Å². The van der Waals surface area contributed by atoms with Crippen molar-refractivity contribution in [1.82, 2.24) is 59.8 Å². The van der Waals surface area contributed by atoms with Gasteiger partial charge in [-0.3, -0.25) is 0 Å². The number of hydrazone groups is 6. The van der Waals surface area contributed by atoms with Crippen LogP contribution in [0.15, 0.2) is 213 Å². The summed E-state index contributed by atoms with van der Waals surface area (Å²) in [6.45, 7) is 19.0. The van der Waals surface area contributed by atoms with Gasteiger partial charge in [-0.25, -0.2) is 60.0 Å². The van der Waals surface area contributed by atoms with E-state index < -0.39 is 15.3 Å². The molecule has 0 saturated heterocycles. The molecular formula is C84H87N27O12Tm2. The first-order chi connectivity index (χ1) is 58.3. The van der Waals surface area contributed by atoms with E-state index in [-0.39, 0.29) is 107 Å². The number of nitrogens with one attached hydrogen (secondary N) is 6. The number of hydrogen-bond acceptors (Lipinski definition) is 30. The van der Waals surface area contributed by atoms with Crippen molar-refractivity contribution >= 4 is 139 Å². The summed E-state index contributed by atoms with van der Waals surface area (Å²) in [7, 11) is 10.7. The molecule has 656 valence electrons. The van der Waals surface area contributed by atoms with Crippen LogP contribution in [0.1, 0.15) is 112 Å². The van der Waals surface area contributed by atoms with Crippen LogP contribution < -0.4 is 45.4 Å². The Bertz CT molecular complexity index is 5280. The van der Waals surface area contributed by atoms with Crippen molar-refractivity contribution in [3.8, 4) is 17.2 Å². The molecule has 0 fully saturated rings. The van der Waals surface area contributed by atoms with Crippen molar-refractivity contribution in [2.45, 2.75) is 78.6 Å². The average Bonchev–Trinajstić information content (AvgIpc) is 1.82. The minimum absolute atomic E-state index is 0. The minimum Gasteiger partial charge on any atom is -0.872 e. The van der Waals surface area contributed by atoms with Crippen LogP contribution >= 0.6 is 0 Å². The van der Waals surface area contributed by atoms with Crippen LogP contribution in [0, 0.1) is 120 Å². The van der Waals surface area contributed by atoms with Crippen molar-refractivity contribution in [1.29, 1.82) is 0 Å². The van der Waals surface area contributed by atoms with Gasteiger partial charge in [0.15, 0.2) is 0 Å². The van der Waals surface area contributed by atoms with Crippen LogP contribution in [-0.2, 0) is 16.2 Å². The molecule has 0 spiro atoms. The molecule has 6 N–H and O–H groups in total. The smallest absolute Gasteiger partial charge is 0.872 e. The molecule has 0 unspecified atom stereocenters. The predicted molar refractivity (Wildman–Crippen MR) is 477 cm³/mol. The van der Waals surface area contributed by atoms with Gasteiger partial charge in [-0.1, -0.05) is 189 Å². The molecule has 0 bridgehead atoms. The van der Waals surface area contributed by atoms with Gasteiger partial charge >= 0.3 is 73.7 Å². The van der Waals surface area contributed by atoms with E-state index in [4.69, 9.17) is 46.0 Å². The maximum atomic E-state index is 13.4. The summed E-state index contributed by atoms with van der Waals surface area (Å²) in [6.07, 6.45) is 9.45. The van der Waals surface area contributed by atoms with Crippen LogP contribution in [-0.4, -0.2) is 155 Å². The summed E-state index contributed by atoms with van der Waals surface area (Å²) < 4.78 is 0. The molecule has 15 rings (SSSR count). The zero-order valence-corrected chi connectivity index (χ0v) is 73.7. The van der Waals surface area contributed by atoms with Crippen LogP contribution in [0.4, 0.5) is 35.7 Å². The number of imidazole rings is 6. The van der Waals surface area contributed by atoms with Crippen molar-refractivity contribution in [3.63, 3.8) is 0 Å². The van der Waals surface area contributed by atoms with Gasteiger partial charge in [-0.2, -0.15) is 30.6 Å². The number of anilines is 6. The Balaban J connectivity index is 0.000000216. The van der Waals surface area contributed by atoms with Gasteiger partial charge in [0, 0.05) is 42.3 Å². The molecule has 0 saturated carbocycles. The summed E-state index contributed by atoms with van der Waals surface area (Å²) in [5.41, 5.74) is 16.0. The molecule has 0 radical (unpaired) electrons. The Labute approximate surface area is 773 Å². The Morgan fingerprint density at radius 3 is 0.520 bits per heavy atom. The van der Waals surface area contributed by atoms with Gasteiger partial charge in [-0.15, -0.1) is 0 Å². The van der Waals surface area contributed by atoms with Gasteiger partial charge in [0.25, 0.3) is 0 Å².